The first kappa shape index (κ1) is 21.8. The largest absolute Gasteiger partial charge is 0.477 e. The standard InChI is InChI=1S/C25H22N4O4/c1-27(24(30)18-33-23-15-9-8-14-22(23)29(31)32)16-20-17-28(21-12-6-3-7-13-21)26-25(20)19-10-4-2-5-11-19/h2-15,17H,16,18H2,1H3. The van der Waals surface area contributed by atoms with Crippen molar-refractivity contribution in [3.63, 3.8) is 0 Å². The Morgan fingerprint density at radius 2 is 1.64 bits per heavy atom. The fourth-order valence-electron chi connectivity index (χ4n) is 3.40. The fourth-order valence-corrected chi connectivity index (χ4v) is 3.40. The summed E-state index contributed by atoms with van der Waals surface area (Å²) in [6, 6.07) is 25.5. The number of hydrogen-bond acceptors (Lipinski definition) is 5. The van der Waals surface area contributed by atoms with E-state index in [4.69, 9.17) is 9.84 Å². The van der Waals surface area contributed by atoms with Crippen LogP contribution < -0.4 is 4.74 Å². The third-order valence-corrected chi connectivity index (χ3v) is 5.10. The average Bonchev–Trinajstić information content (AvgIpc) is 3.27. The molecule has 0 aliphatic rings. The number of benzene rings is 3. The Kier molecular flexibility index (Phi) is 6.45. The van der Waals surface area contributed by atoms with Crippen molar-refractivity contribution in [2.24, 2.45) is 0 Å². The van der Waals surface area contributed by atoms with Crippen molar-refractivity contribution >= 4 is 11.6 Å². The van der Waals surface area contributed by atoms with E-state index in [1.807, 2.05) is 66.9 Å². The Labute approximate surface area is 190 Å². The SMILES string of the molecule is CN(Cc1cn(-c2ccccc2)nc1-c1ccccc1)C(=O)COc1ccccc1[N+](=O)[O-]. The van der Waals surface area contributed by atoms with Crippen molar-refractivity contribution in [1.29, 1.82) is 0 Å². The highest BCUT2D eigenvalue weighted by atomic mass is 16.6. The molecule has 1 amide bonds. The monoisotopic (exact) mass is 442 g/mol. The number of carbonyl (C=O) groups is 1. The van der Waals surface area contributed by atoms with Crippen LogP contribution >= 0.6 is 0 Å². The maximum Gasteiger partial charge on any atom is 0.310 e. The number of carbonyl (C=O) groups excluding carboxylic acids is 1. The molecule has 1 aromatic heterocycles. The predicted molar refractivity (Wildman–Crippen MR) is 124 cm³/mol. The van der Waals surface area contributed by atoms with Gasteiger partial charge < -0.3 is 9.64 Å². The first-order chi connectivity index (χ1) is 16.0. The second kappa shape index (κ2) is 9.78. The van der Waals surface area contributed by atoms with Gasteiger partial charge in [-0.05, 0) is 18.2 Å². The lowest BCUT2D eigenvalue weighted by Gasteiger charge is -2.17. The molecule has 0 unspecified atom stereocenters. The molecule has 0 bridgehead atoms. The van der Waals surface area contributed by atoms with Crippen LogP contribution in [0.15, 0.2) is 91.1 Å². The summed E-state index contributed by atoms with van der Waals surface area (Å²) in [4.78, 5) is 24.9. The topological polar surface area (TPSA) is 90.5 Å². The van der Waals surface area contributed by atoms with E-state index in [0.717, 1.165) is 22.5 Å². The van der Waals surface area contributed by atoms with Crippen molar-refractivity contribution in [3.05, 3.63) is 107 Å². The first-order valence-electron chi connectivity index (χ1n) is 10.3. The molecule has 0 spiro atoms. The van der Waals surface area contributed by atoms with Crippen molar-refractivity contribution in [3.8, 4) is 22.7 Å². The summed E-state index contributed by atoms with van der Waals surface area (Å²) in [6.07, 6.45) is 1.91. The minimum atomic E-state index is -0.534. The van der Waals surface area contributed by atoms with Crippen LogP contribution in [0.3, 0.4) is 0 Å². The van der Waals surface area contributed by atoms with Gasteiger partial charge in [0.2, 0.25) is 0 Å². The number of amides is 1. The van der Waals surface area contributed by atoms with Gasteiger partial charge in [0.05, 0.1) is 16.3 Å². The zero-order chi connectivity index (χ0) is 23.2. The molecule has 33 heavy (non-hydrogen) atoms. The Hall–Kier alpha value is -4.46. The van der Waals surface area contributed by atoms with E-state index in [2.05, 4.69) is 0 Å². The van der Waals surface area contributed by atoms with Gasteiger partial charge in [0.1, 0.15) is 0 Å². The number of likely N-dealkylation sites (N-methyl/N-ethyl adjacent to an activating group) is 1. The van der Waals surface area contributed by atoms with E-state index in [9.17, 15) is 14.9 Å². The minimum absolute atomic E-state index is 0.0612. The normalized spacial score (nSPS) is 10.6. The van der Waals surface area contributed by atoms with Gasteiger partial charge in [0.15, 0.2) is 12.4 Å². The third kappa shape index (κ3) is 5.07. The molecule has 0 radical (unpaired) electrons. The summed E-state index contributed by atoms with van der Waals surface area (Å²) in [7, 11) is 1.67. The van der Waals surface area contributed by atoms with E-state index < -0.39 is 4.92 Å². The van der Waals surface area contributed by atoms with Crippen molar-refractivity contribution < 1.29 is 14.5 Å². The summed E-state index contributed by atoms with van der Waals surface area (Å²) in [5.41, 5.74) is 3.32. The lowest BCUT2D eigenvalue weighted by molar-refractivity contribution is -0.385. The maximum absolute atomic E-state index is 12.7. The number of ether oxygens (including phenoxy) is 1. The summed E-state index contributed by atoms with van der Waals surface area (Å²) in [6.45, 7) is -0.00894. The molecule has 8 nitrogen and oxygen atoms in total. The highest BCUT2D eigenvalue weighted by Crippen LogP contribution is 2.27. The van der Waals surface area contributed by atoms with E-state index in [1.54, 1.807) is 23.9 Å². The lowest BCUT2D eigenvalue weighted by atomic mass is 10.1. The molecule has 8 heteroatoms. The number of rotatable bonds is 8. The number of para-hydroxylation sites is 3. The molecule has 0 fully saturated rings. The lowest BCUT2D eigenvalue weighted by Crippen LogP contribution is -2.31. The van der Waals surface area contributed by atoms with Gasteiger partial charge in [-0.2, -0.15) is 5.10 Å². The predicted octanol–water partition coefficient (Wildman–Crippen LogP) is 4.48. The quantitative estimate of drug-likeness (QED) is 0.296. The van der Waals surface area contributed by atoms with E-state index in [-0.39, 0.29) is 24.0 Å². The summed E-state index contributed by atoms with van der Waals surface area (Å²) in [5.74, 6) is -0.245. The molecular weight excluding hydrogens is 420 g/mol. The second-order valence-corrected chi connectivity index (χ2v) is 7.41. The average molecular weight is 442 g/mol. The molecule has 166 valence electrons. The maximum atomic E-state index is 12.7. The van der Waals surface area contributed by atoms with Crippen LogP contribution in [0, 0.1) is 10.1 Å². The highest BCUT2D eigenvalue weighted by Gasteiger charge is 2.19. The van der Waals surface area contributed by atoms with Crippen LogP contribution in [-0.4, -0.2) is 39.2 Å². The molecule has 0 saturated heterocycles. The Morgan fingerprint density at radius 3 is 2.33 bits per heavy atom. The van der Waals surface area contributed by atoms with Gasteiger partial charge in [-0.1, -0.05) is 60.7 Å². The van der Waals surface area contributed by atoms with Crippen LogP contribution in [0.2, 0.25) is 0 Å². The molecule has 4 rings (SSSR count). The molecule has 0 atom stereocenters. The van der Waals surface area contributed by atoms with Gasteiger partial charge >= 0.3 is 5.69 Å². The van der Waals surface area contributed by atoms with Gasteiger partial charge in [-0.25, -0.2) is 4.68 Å². The second-order valence-electron chi connectivity index (χ2n) is 7.41. The number of hydrogen-bond donors (Lipinski definition) is 0. The Balaban J connectivity index is 1.53. The first-order valence-corrected chi connectivity index (χ1v) is 10.3. The van der Waals surface area contributed by atoms with Gasteiger partial charge in [-0.3, -0.25) is 14.9 Å². The van der Waals surface area contributed by atoms with E-state index >= 15 is 0 Å². The van der Waals surface area contributed by atoms with Crippen LogP contribution in [0.4, 0.5) is 5.69 Å². The molecule has 0 N–H and O–H groups in total. The summed E-state index contributed by atoms with van der Waals surface area (Å²) >= 11 is 0. The Morgan fingerprint density at radius 1 is 1.00 bits per heavy atom. The van der Waals surface area contributed by atoms with E-state index in [0.29, 0.717) is 6.54 Å². The van der Waals surface area contributed by atoms with Crippen molar-refractivity contribution in [2.75, 3.05) is 13.7 Å². The highest BCUT2D eigenvalue weighted by molar-refractivity contribution is 5.78. The van der Waals surface area contributed by atoms with Crippen molar-refractivity contribution in [2.45, 2.75) is 6.54 Å². The molecule has 0 saturated carbocycles. The number of nitro benzene ring substituents is 1. The smallest absolute Gasteiger partial charge is 0.310 e. The molecule has 1 heterocycles. The van der Waals surface area contributed by atoms with Gasteiger partial charge in [0, 0.05) is 37.0 Å². The van der Waals surface area contributed by atoms with Crippen LogP contribution in [0.1, 0.15) is 5.56 Å². The number of aromatic nitrogens is 2. The summed E-state index contributed by atoms with van der Waals surface area (Å²) in [5, 5.41) is 15.9. The molecule has 3 aromatic carbocycles. The van der Waals surface area contributed by atoms with Crippen molar-refractivity contribution in [1.82, 2.24) is 14.7 Å². The zero-order valence-corrected chi connectivity index (χ0v) is 18.0. The molecule has 0 aliphatic carbocycles. The van der Waals surface area contributed by atoms with Gasteiger partial charge in [0.25, 0.3) is 5.91 Å². The van der Waals surface area contributed by atoms with Crippen LogP contribution in [0.5, 0.6) is 5.75 Å². The summed E-state index contributed by atoms with van der Waals surface area (Å²) < 4.78 is 7.25. The molecular formula is C25H22N4O4. The van der Waals surface area contributed by atoms with Crippen LogP contribution in [0.25, 0.3) is 16.9 Å². The fraction of sp³-hybridized carbons (Fsp3) is 0.120. The van der Waals surface area contributed by atoms with Gasteiger partial charge in [-0.15, -0.1) is 0 Å². The van der Waals surface area contributed by atoms with Crippen LogP contribution in [-0.2, 0) is 11.3 Å². The molecule has 0 aliphatic heterocycles. The third-order valence-electron chi connectivity index (χ3n) is 5.10. The zero-order valence-electron chi connectivity index (χ0n) is 18.0. The molecule has 4 aromatic rings. The Bertz CT molecular complexity index is 1260. The van der Waals surface area contributed by atoms with E-state index in [1.165, 1.54) is 17.0 Å². The minimum Gasteiger partial charge on any atom is -0.477 e. The number of nitrogens with zero attached hydrogens (tertiary/aromatic N) is 4. The number of nitro groups is 1.